The summed E-state index contributed by atoms with van der Waals surface area (Å²) in [5, 5.41) is 0.0674. The zero-order chi connectivity index (χ0) is 13.7. The van der Waals surface area contributed by atoms with Gasteiger partial charge in [-0.2, -0.15) is 0 Å². The number of hydrogen-bond donors (Lipinski definition) is 0. The van der Waals surface area contributed by atoms with Crippen LogP contribution in [-0.2, 0) is 14.3 Å². The van der Waals surface area contributed by atoms with Crippen LogP contribution in [0.4, 0.5) is 0 Å². The number of nitrogens with zero attached hydrogens (tertiary/aromatic N) is 1. The van der Waals surface area contributed by atoms with Crippen molar-refractivity contribution in [3.63, 3.8) is 0 Å². The van der Waals surface area contributed by atoms with E-state index in [0.29, 0.717) is 6.42 Å². The third-order valence-corrected chi connectivity index (χ3v) is 4.75. The van der Waals surface area contributed by atoms with Gasteiger partial charge >= 0.3 is 5.97 Å². The molecule has 18 heavy (non-hydrogen) atoms. The van der Waals surface area contributed by atoms with Gasteiger partial charge in [0.05, 0.1) is 11.8 Å². The Kier molecular flexibility index (Phi) is 3.74. The minimum absolute atomic E-state index is 0.0334. The minimum Gasteiger partial charge on any atom is -0.460 e. The molecule has 2 heterocycles. The maximum atomic E-state index is 12.0. The molecule has 2 atom stereocenters. The number of carbonyl (C=O) groups is 2. The molecular formula is C10H12Cl3NO3S. The molecule has 0 unspecified atom stereocenters. The van der Waals surface area contributed by atoms with E-state index >= 15 is 0 Å². The summed E-state index contributed by atoms with van der Waals surface area (Å²) in [6, 6.07) is -0.610. The molecule has 1 amide bonds. The molecule has 2 fully saturated rings. The Morgan fingerprint density at radius 1 is 1.56 bits per heavy atom. The lowest BCUT2D eigenvalue weighted by Gasteiger charge is -2.37. The van der Waals surface area contributed by atoms with Gasteiger partial charge in [-0.1, -0.05) is 34.8 Å². The van der Waals surface area contributed by atoms with E-state index in [4.69, 9.17) is 39.5 Å². The van der Waals surface area contributed by atoms with E-state index in [2.05, 4.69) is 0 Å². The molecule has 2 aliphatic rings. The van der Waals surface area contributed by atoms with Crippen molar-refractivity contribution in [2.45, 2.75) is 40.2 Å². The fraction of sp³-hybridized carbons (Fsp3) is 0.800. The maximum Gasteiger partial charge on any atom is 0.330 e. The molecule has 0 bridgehead atoms. The molecular weight excluding hydrogens is 321 g/mol. The van der Waals surface area contributed by atoms with Crippen LogP contribution < -0.4 is 0 Å². The SMILES string of the molecule is CC1(C)S[C@@H]2CC(=O)N2[C@H]1C(=O)OCC(Cl)(Cl)Cl. The molecule has 0 N–H and O–H groups in total. The summed E-state index contributed by atoms with van der Waals surface area (Å²) in [4.78, 5) is 25.1. The van der Waals surface area contributed by atoms with Crippen LogP contribution in [0.25, 0.3) is 0 Å². The number of fused-ring (bicyclic) bond motifs is 1. The van der Waals surface area contributed by atoms with Crippen molar-refractivity contribution in [2.24, 2.45) is 0 Å². The average molecular weight is 333 g/mol. The van der Waals surface area contributed by atoms with Gasteiger partial charge in [0.15, 0.2) is 0 Å². The quantitative estimate of drug-likeness (QED) is 0.442. The molecule has 0 aromatic carbocycles. The van der Waals surface area contributed by atoms with Crippen molar-refractivity contribution in [1.82, 2.24) is 4.90 Å². The highest BCUT2D eigenvalue weighted by atomic mass is 35.6. The lowest BCUT2D eigenvalue weighted by atomic mass is 9.98. The highest BCUT2D eigenvalue weighted by Gasteiger charge is 2.59. The van der Waals surface area contributed by atoms with Crippen LogP contribution >= 0.6 is 46.6 Å². The fourth-order valence-electron chi connectivity index (χ4n) is 2.19. The molecule has 2 rings (SSSR count). The van der Waals surface area contributed by atoms with Crippen molar-refractivity contribution in [3.8, 4) is 0 Å². The number of β-lactam (4-membered cyclic amide) rings is 1. The number of ether oxygens (including phenoxy) is 1. The largest absolute Gasteiger partial charge is 0.460 e. The topological polar surface area (TPSA) is 46.6 Å². The van der Waals surface area contributed by atoms with Gasteiger partial charge < -0.3 is 9.64 Å². The van der Waals surface area contributed by atoms with Crippen LogP contribution in [0.3, 0.4) is 0 Å². The number of rotatable bonds is 2. The van der Waals surface area contributed by atoms with Crippen LogP contribution in [0.15, 0.2) is 0 Å². The number of esters is 1. The van der Waals surface area contributed by atoms with Gasteiger partial charge in [0.2, 0.25) is 9.70 Å². The average Bonchev–Trinajstić information content (AvgIpc) is 2.41. The molecule has 0 saturated carbocycles. The summed E-state index contributed by atoms with van der Waals surface area (Å²) in [6.07, 6.45) is 0.475. The Bertz CT molecular complexity index is 396. The first-order valence-electron chi connectivity index (χ1n) is 5.34. The summed E-state index contributed by atoms with van der Waals surface area (Å²) in [6.45, 7) is 3.50. The van der Waals surface area contributed by atoms with Gasteiger partial charge in [-0.25, -0.2) is 4.79 Å². The Labute approximate surface area is 124 Å². The number of amides is 1. The molecule has 0 aromatic heterocycles. The first-order chi connectivity index (χ1) is 8.12. The molecule has 2 aliphatic heterocycles. The molecule has 4 nitrogen and oxygen atoms in total. The fourth-order valence-corrected chi connectivity index (χ4v) is 3.97. The molecule has 0 aliphatic carbocycles. The third-order valence-electron chi connectivity index (χ3n) is 2.93. The molecule has 2 saturated heterocycles. The summed E-state index contributed by atoms with van der Waals surface area (Å²) in [5.74, 6) is -0.553. The van der Waals surface area contributed by atoms with E-state index in [1.165, 1.54) is 0 Å². The molecule has 102 valence electrons. The standard InChI is InChI=1S/C10H12Cl3NO3S/c1-9(2)7(8(16)17-4-10(11,12)13)14-5(15)3-6(14)18-9/h6-7H,3-4H2,1-2H3/t6-,7+/m1/s1. The lowest BCUT2D eigenvalue weighted by Crippen LogP contribution is -2.57. The number of alkyl halides is 3. The number of carbonyl (C=O) groups excluding carboxylic acids is 2. The second kappa shape index (κ2) is 4.62. The van der Waals surface area contributed by atoms with Crippen LogP contribution in [-0.4, -0.2) is 43.3 Å². The van der Waals surface area contributed by atoms with Gasteiger partial charge in [-0.15, -0.1) is 11.8 Å². The summed E-state index contributed by atoms with van der Waals surface area (Å²) < 4.78 is 2.96. The van der Waals surface area contributed by atoms with E-state index in [0.717, 1.165) is 0 Å². The van der Waals surface area contributed by atoms with E-state index in [1.807, 2.05) is 13.8 Å². The Morgan fingerprint density at radius 2 is 2.17 bits per heavy atom. The van der Waals surface area contributed by atoms with Crippen LogP contribution in [0.1, 0.15) is 20.3 Å². The van der Waals surface area contributed by atoms with Crippen LogP contribution in [0, 0.1) is 0 Å². The van der Waals surface area contributed by atoms with Crippen LogP contribution in [0.5, 0.6) is 0 Å². The number of thioether (sulfide) groups is 1. The Morgan fingerprint density at radius 3 is 2.67 bits per heavy atom. The van der Waals surface area contributed by atoms with Gasteiger partial charge in [0.25, 0.3) is 0 Å². The third kappa shape index (κ3) is 2.69. The predicted octanol–water partition coefficient (Wildman–Crippen LogP) is 2.35. The smallest absolute Gasteiger partial charge is 0.330 e. The van der Waals surface area contributed by atoms with Gasteiger partial charge in [0.1, 0.15) is 12.6 Å². The van der Waals surface area contributed by atoms with E-state index in [-0.39, 0.29) is 22.6 Å². The lowest BCUT2D eigenvalue weighted by molar-refractivity contribution is -0.161. The van der Waals surface area contributed by atoms with Crippen LogP contribution in [0.2, 0.25) is 0 Å². The molecule has 8 heteroatoms. The van der Waals surface area contributed by atoms with Crippen molar-refractivity contribution in [2.75, 3.05) is 6.61 Å². The van der Waals surface area contributed by atoms with Crippen molar-refractivity contribution < 1.29 is 14.3 Å². The molecule has 0 aromatic rings. The highest BCUT2D eigenvalue weighted by Crippen LogP contribution is 2.50. The Balaban J connectivity index is 2.06. The van der Waals surface area contributed by atoms with Gasteiger partial charge in [0, 0.05) is 4.75 Å². The van der Waals surface area contributed by atoms with Gasteiger partial charge in [-0.3, -0.25) is 4.79 Å². The van der Waals surface area contributed by atoms with E-state index in [1.54, 1.807) is 16.7 Å². The predicted molar refractivity (Wildman–Crippen MR) is 72.0 cm³/mol. The second-order valence-electron chi connectivity index (χ2n) is 4.81. The zero-order valence-electron chi connectivity index (χ0n) is 9.78. The normalized spacial score (nSPS) is 29.8. The zero-order valence-corrected chi connectivity index (χ0v) is 12.9. The second-order valence-corrected chi connectivity index (χ2v) is 9.15. The van der Waals surface area contributed by atoms with E-state index < -0.39 is 15.8 Å². The summed E-state index contributed by atoms with van der Waals surface area (Å²) in [7, 11) is 0. The number of halogens is 3. The minimum atomic E-state index is -1.64. The number of hydrogen-bond acceptors (Lipinski definition) is 4. The monoisotopic (exact) mass is 331 g/mol. The Hall–Kier alpha value is 0.160. The van der Waals surface area contributed by atoms with Crippen molar-refractivity contribution in [3.05, 3.63) is 0 Å². The van der Waals surface area contributed by atoms with Gasteiger partial charge in [-0.05, 0) is 13.8 Å². The van der Waals surface area contributed by atoms with Crippen molar-refractivity contribution >= 4 is 58.4 Å². The van der Waals surface area contributed by atoms with Crippen molar-refractivity contribution in [1.29, 1.82) is 0 Å². The highest BCUT2D eigenvalue weighted by molar-refractivity contribution is 8.01. The first kappa shape index (κ1) is 14.6. The maximum absolute atomic E-state index is 12.0. The summed E-state index contributed by atoms with van der Waals surface area (Å²) in [5.41, 5.74) is 0. The summed E-state index contributed by atoms with van der Waals surface area (Å²) >= 11 is 18.2. The first-order valence-corrected chi connectivity index (χ1v) is 7.35. The molecule has 0 radical (unpaired) electrons. The van der Waals surface area contributed by atoms with E-state index in [9.17, 15) is 9.59 Å². The molecule has 0 spiro atoms.